The molecule has 1 heterocycles. The topological polar surface area (TPSA) is 61.8 Å². The minimum absolute atomic E-state index is 0.101. The van der Waals surface area contributed by atoms with Crippen molar-refractivity contribution in [3.63, 3.8) is 0 Å². The second-order valence-corrected chi connectivity index (χ2v) is 7.24. The largest absolute Gasteiger partial charge is 0.353 e. The van der Waals surface area contributed by atoms with E-state index in [2.05, 4.69) is 0 Å². The van der Waals surface area contributed by atoms with Crippen LogP contribution in [0.3, 0.4) is 0 Å². The van der Waals surface area contributed by atoms with Gasteiger partial charge in [-0.3, -0.25) is 4.18 Å². The van der Waals surface area contributed by atoms with E-state index in [0.717, 1.165) is 31.4 Å². The van der Waals surface area contributed by atoms with Gasteiger partial charge in [0, 0.05) is 6.61 Å². The summed E-state index contributed by atoms with van der Waals surface area (Å²) in [7, 11) is -3.69. The molecule has 124 valence electrons. The van der Waals surface area contributed by atoms with Crippen molar-refractivity contribution in [3.8, 4) is 0 Å². The number of hydrogen-bond donors (Lipinski definition) is 0. The van der Waals surface area contributed by atoms with Crippen molar-refractivity contribution < 1.29 is 22.1 Å². The molecule has 1 aliphatic heterocycles. The van der Waals surface area contributed by atoms with Gasteiger partial charge in [-0.2, -0.15) is 8.42 Å². The Balaban J connectivity index is 1.75. The molecule has 0 saturated carbocycles. The lowest BCUT2D eigenvalue weighted by Gasteiger charge is -2.25. The Morgan fingerprint density at radius 1 is 1.27 bits per heavy atom. The highest BCUT2D eigenvalue weighted by Crippen LogP contribution is 2.17. The van der Waals surface area contributed by atoms with Gasteiger partial charge in [-0.15, -0.1) is 0 Å². The minimum Gasteiger partial charge on any atom is -0.353 e. The molecule has 0 aliphatic carbocycles. The van der Waals surface area contributed by atoms with Crippen LogP contribution in [-0.4, -0.2) is 34.0 Å². The normalized spacial score (nSPS) is 20.7. The summed E-state index contributed by atoms with van der Waals surface area (Å²) in [5, 5.41) is 0. The van der Waals surface area contributed by atoms with Gasteiger partial charge in [0.15, 0.2) is 6.29 Å². The van der Waals surface area contributed by atoms with Gasteiger partial charge in [-0.25, -0.2) is 0 Å². The lowest BCUT2D eigenvalue weighted by Crippen LogP contribution is -2.27. The van der Waals surface area contributed by atoms with Crippen molar-refractivity contribution in [1.82, 2.24) is 0 Å². The van der Waals surface area contributed by atoms with Gasteiger partial charge in [0.05, 0.1) is 17.6 Å². The molecule has 0 N–H and O–H groups in total. The van der Waals surface area contributed by atoms with Gasteiger partial charge in [-0.1, -0.05) is 17.7 Å². The first-order valence-corrected chi connectivity index (χ1v) is 9.11. The van der Waals surface area contributed by atoms with Crippen LogP contribution in [0.15, 0.2) is 29.2 Å². The summed E-state index contributed by atoms with van der Waals surface area (Å²) in [5.74, 6) is 0. The van der Waals surface area contributed by atoms with Gasteiger partial charge in [0.25, 0.3) is 10.1 Å². The Morgan fingerprint density at radius 3 is 2.64 bits per heavy atom. The van der Waals surface area contributed by atoms with Crippen LogP contribution in [-0.2, 0) is 23.8 Å². The molecule has 0 amide bonds. The lowest BCUT2D eigenvalue weighted by molar-refractivity contribution is -0.186. The molecule has 0 spiro atoms. The third-order valence-electron chi connectivity index (χ3n) is 3.59. The molecule has 1 aromatic carbocycles. The van der Waals surface area contributed by atoms with Crippen molar-refractivity contribution >= 4 is 10.1 Å². The highest BCUT2D eigenvalue weighted by molar-refractivity contribution is 7.86. The Bertz CT molecular complexity index is 546. The van der Waals surface area contributed by atoms with E-state index < -0.39 is 10.1 Å². The number of hydrogen-bond acceptors (Lipinski definition) is 5. The highest BCUT2D eigenvalue weighted by atomic mass is 32.2. The van der Waals surface area contributed by atoms with Crippen LogP contribution in [0, 0.1) is 6.92 Å². The molecule has 2 atom stereocenters. The molecule has 6 heteroatoms. The molecule has 1 fully saturated rings. The van der Waals surface area contributed by atoms with Crippen molar-refractivity contribution in [3.05, 3.63) is 29.8 Å². The second-order valence-electron chi connectivity index (χ2n) is 5.62. The Labute approximate surface area is 132 Å². The maximum Gasteiger partial charge on any atom is 0.296 e. The smallest absolute Gasteiger partial charge is 0.296 e. The summed E-state index contributed by atoms with van der Waals surface area (Å²) in [5.41, 5.74) is 1.01. The van der Waals surface area contributed by atoms with Crippen LogP contribution in [0.2, 0.25) is 0 Å². The second kappa shape index (κ2) is 8.06. The number of rotatable bonds is 7. The third-order valence-corrected chi connectivity index (χ3v) is 4.92. The lowest BCUT2D eigenvalue weighted by atomic mass is 10.2. The van der Waals surface area contributed by atoms with E-state index >= 15 is 0 Å². The molecule has 2 rings (SSSR count). The van der Waals surface area contributed by atoms with Crippen molar-refractivity contribution in [1.29, 1.82) is 0 Å². The molecule has 0 aromatic heterocycles. The van der Waals surface area contributed by atoms with Crippen LogP contribution >= 0.6 is 0 Å². The predicted molar refractivity (Wildman–Crippen MR) is 83.1 cm³/mol. The van der Waals surface area contributed by atoms with E-state index in [1.807, 2.05) is 13.8 Å². The van der Waals surface area contributed by atoms with Crippen molar-refractivity contribution in [2.45, 2.75) is 56.8 Å². The Hall–Kier alpha value is -0.950. The summed E-state index contributed by atoms with van der Waals surface area (Å²) >= 11 is 0. The molecule has 1 aromatic rings. The van der Waals surface area contributed by atoms with E-state index in [0.29, 0.717) is 6.42 Å². The van der Waals surface area contributed by atoms with E-state index in [1.54, 1.807) is 24.3 Å². The summed E-state index contributed by atoms with van der Waals surface area (Å²) in [6, 6.07) is 6.62. The van der Waals surface area contributed by atoms with E-state index in [-0.39, 0.29) is 23.9 Å². The molecule has 1 saturated heterocycles. The zero-order valence-corrected chi connectivity index (χ0v) is 14.0. The van der Waals surface area contributed by atoms with Gasteiger partial charge >= 0.3 is 0 Å². The van der Waals surface area contributed by atoms with Crippen LogP contribution in [0.1, 0.15) is 38.2 Å². The van der Waals surface area contributed by atoms with Crippen molar-refractivity contribution in [2.24, 2.45) is 0 Å². The van der Waals surface area contributed by atoms with Gasteiger partial charge in [-0.05, 0) is 51.7 Å². The SMILES string of the molecule is Cc1ccc(S(=O)(=O)OCCC(C)OC2CCCCO2)cc1. The minimum atomic E-state index is -3.69. The monoisotopic (exact) mass is 328 g/mol. The standard InChI is InChI=1S/C16H24O5S/c1-13-6-8-15(9-7-13)22(17,18)20-12-10-14(2)21-16-5-3-4-11-19-16/h6-9,14,16H,3-5,10-12H2,1-2H3. The number of ether oxygens (including phenoxy) is 2. The van der Waals surface area contributed by atoms with Gasteiger partial charge < -0.3 is 9.47 Å². The number of benzene rings is 1. The van der Waals surface area contributed by atoms with Gasteiger partial charge in [0.1, 0.15) is 0 Å². The first-order chi connectivity index (χ1) is 10.5. The highest BCUT2D eigenvalue weighted by Gasteiger charge is 2.19. The van der Waals surface area contributed by atoms with Crippen LogP contribution in [0.5, 0.6) is 0 Å². The average Bonchev–Trinajstić information content (AvgIpc) is 2.48. The first kappa shape index (κ1) is 17.4. The fraction of sp³-hybridized carbons (Fsp3) is 0.625. The quantitative estimate of drug-likeness (QED) is 0.720. The molecule has 1 aliphatic rings. The van der Waals surface area contributed by atoms with E-state index in [1.165, 1.54) is 0 Å². The fourth-order valence-corrected chi connectivity index (χ4v) is 3.16. The molecule has 2 unspecified atom stereocenters. The zero-order chi connectivity index (χ0) is 16.0. The maximum atomic E-state index is 12.0. The maximum absolute atomic E-state index is 12.0. The predicted octanol–water partition coefficient (Wildman–Crippen LogP) is 3.02. The van der Waals surface area contributed by atoms with Gasteiger partial charge in [0.2, 0.25) is 0 Å². The molecule has 0 radical (unpaired) electrons. The van der Waals surface area contributed by atoms with Crippen LogP contribution in [0.25, 0.3) is 0 Å². The Kier molecular flexibility index (Phi) is 6.37. The van der Waals surface area contributed by atoms with Crippen LogP contribution in [0.4, 0.5) is 0 Å². The molecule has 22 heavy (non-hydrogen) atoms. The average molecular weight is 328 g/mol. The van der Waals surface area contributed by atoms with Crippen molar-refractivity contribution in [2.75, 3.05) is 13.2 Å². The molecule has 0 bridgehead atoms. The van der Waals surface area contributed by atoms with E-state index in [4.69, 9.17) is 13.7 Å². The zero-order valence-electron chi connectivity index (χ0n) is 13.2. The summed E-state index contributed by atoms with van der Waals surface area (Å²) in [6.07, 6.45) is 3.31. The summed E-state index contributed by atoms with van der Waals surface area (Å²) in [4.78, 5) is 0.183. The van der Waals surface area contributed by atoms with Crippen LogP contribution < -0.4 is 0 Å². The Morgan fingerprint density at radius 2 is 2.00 bits per heavy atom. The first-order valence-electron chi connectivity index (χ1n) is 7.70. The summed E-state index contributed by atoms with van der Waals surface area (Å²) in [6.45, 7) is 4.64. The van der Waals surface area contributed by atoms with E-state index in [9.17, 15) is 8.42 Å². The summed E-state index contributed by atoms with van der Waals surface area (Å²) < 4.78 is 40.3. The third kappa shape index (κ3) is 5.35. The number of aryl methyl sites for hydroxylation is 1. The molecular formula is C16H24O5S. The fourth-order valence-electron chi connectivity index (χ4n) is 2.24. The molecular weight excluding hydrogens is 304 g/mol. The molecule has 5 nitrogen and oxygen atoms in total.